The number of ether oxygens (including phenoxy) is 2. The van der Waals surface area contributed by atoms with Gasteiger partial charge in [0.15, 0.2) is 12.4 Å². The van der Waals surface area contributed by atoms with Gasteiger partial charge in [0.2, 0.25) is 9.84 Å². The molecule has 7 N–H and O–H groups in total. The molecule has 0 fully saturated rings. The van der Waals surface area contributed by atoms with Crippen molar-refractivity contribution in [3.05, 3.63) is 126 Å². The molecule has 304 valence electrons. The van der Waals surface area contributed by atoms with Gasteiger partial charge in [0.05, 0.1) is 39.8 Å². The van der Waals surface area contributed by atoms with Gasteiger partial charge in [0.1, 0.15) is 17.2 Å². The number of pyridine rings is 1. The fourth-order valence-corrected chi connectivity index (χ4v) is 8.51. The summed E-state index contributed by atoms with van der Waals surface area (Å²) in [5, 5.41) is 30.3. The Morgan fingerprint density at radius 1 is 0.966 bits per heavy atom. The summed E-state index contributed by atoms with van der Waals surface area (Å²) in [6.07, 6.45) is 4.33. The molecule has 2 heterocycles. The number of hydrogen-bond donors (Lipinski definition) is 6. The van der Waals surface area contributed by atoms with Crippen LogP contribution >= 0.6 is 0 Å². The molecule has 2 amide bonds. The lowest BCUT2D eigenvalue weighted by molar-refractivity contribution is -0.118. The number of nitrogens with two attached hydrogens (primary N) is 1. The molecule has 13 nitrogen and oxygen atoms in total. The number of benzene rings is 5. The van der Waals surface area contributed by atoms with E-state index in [1.165, 1.54) is 23.9 Å². The normalized spacial score (nSPS) is 13.0. The number of nitrogens with zero attached hydrogens (tertiary/aromatic N) is 1. The Morgan fingerprint density at radius 3 is 2.44 bits per heavy atom. The lowest BCUT2D eigenvalue weighted by atomic mass is 10.0. The van der Waals surface area contributed by atoms with Gasteiger partial charge in [0.25, 0.3) is 11.8 Å². The Hall–Kier alpha value is -6.48. The summed E-state index contributed by atoms with van der Waals surface area (Å²) in [4.78, 5) is 28.8. The van der Waals surface area contributed by atoms with E-state index in [4.69, 9.17) is 15.2 Å². The number of nitrogens with one attached hydrogen (secondary N) is 3. The van der Waals surface area contributed by atoms with Gasteiger partial charge in [-0.05, 0) is 104 Å². The summed E-state index contributed by atoms with van der Waals surface area (Å²) in [5.41, 5.74) is 11.7. The first-order chi connectivity index (χ1) is 28.4. The standard InChI is InChI=1S/C45H45N5O8S/c1-27-21-34(23-36-41(27)48-24-37(45(46)54)42(36)49-31-8-6-9-32(22-31)57-2)59(55,56)33-16-14-30(15-17-33)29-12-10-28(11-13-29)7-4-3-5-20-47-25-39(52)35-18-19-38(51)43-44(35)58-26-40(53)50-43/h6,8-19,21-24,39,47,51-52H,3-5,7,20,25-26H2,1-2H3,(H2,46,54)(H,48,49)(H,50,53)/t39-/m0/s1. The van der Waals surface area contributed by atoms with Crippen molar-refractivity contribution in [2.45, 2.75) is 48.5 Å². The molecule has 14 heteroatoms. The number of phenolic OH excluding ortho intramolecular Hbond substituents is 1. The van der Waals surface area contributed by atoms with Crippen LogP contribution in [0.1, 0.15) is 52.4 Å². The number of amides is 2. The topological polar surface area (TPSA) is 202 Å². The second kappa shape index (κ2) is 17.6. The molecule has 6 aromatic rings. The summed E-state index contributed by atoms with van der Waals surface area (Å²) < 4.78 is 38.9. The molecule has 0 bridgehead atoms. The fourth-order valence-electron chi connectivity index (χ4n) is 7.14. The van der Waals surface area contributed by atoms with Gasteiger partial charge in [-0.25, -0.2) is 8.42 Å². The zero-order valence-electron chi connectivity index (χ0n) is 32.6. The number of aliphatic hydroxyl groups is 1. The Kier molecular flexibility index (Phi) is 12.1. The summed E-state index contributed by atoms with van der Waals surface area (Å²) in [6.45, 7) is 2.62. The summed E-state index contributed by atoms with van der Waals surface area (Å²) in [7, 11) is -2.42. The maximum Gasteiger partial charge on any atom is 0.262 e. The minimum atomic E-state index is -3.97. The van der Waals surface area contributed by atoms with Gasteiger partial charge in [-0.2, -0.15) is 0 Å². The highest BCUT2D eigenvalue weighted by molar-refractivity contribution is 7.91. The molecule has 0 spiro atoms. The number of fused-ring (bicyclic) bond motifs is 2. The first-order valence-electron chi connectivity index (χ1n) is 19.2. The predicted molar refractivity (Wildman–Crippen MR) is 226 cm³/mol. The number of aliphatic hydroxyl groups excluding tert-OH is 1. The fraction of sp³-hybridized carbons (Fsp3) is 0.222. The van der Waals surface area contributed by atoms with Gasteiger partial charge in [-0.3, -0.25) is 14.6 Å². The van der Waals surface area contributed by atoms with Crippen LogP contribution in [0.4, 0.5) is 17.1 Å². The number of aryl methyl sites for hydroxylation is 2. The molecular weight excluding hydrogens is 771 g/mol. The van der Waals surface area contributed by atoms with E-state index in [2.05, 4.69) is 33.1 Å². The van der Waals surface area contributed by atoms with Crippen LogP contribution in [0.15, 0.2) is 113 Å². The number of carbonyl (C=O) groups is 2. The van der Waals surface area contributed by atoms with Crippen molar-refractivity contribution in [2.24, 2.45) is 5.73 Å². The number of sulfone groups is 1. The van der Waals surface area contributed by atoms with Crippen LogP contribution in [-0.4, -0.2) is 62.2 Å². The van der Waals surface area contributed by atoms with Crippen LogP contribution in [0.5, 0.6) is 17.2 Å². The van der Waals surface area contributed by atoms with E-state index in [0.29, 0.717) is 45.7 Å². The molecule has 0 aliphatic carbocycles. The highest BCUT2D eigenvalue weighted by atomic mass is 32.2. The van der Waals surface area contributed by atoms with E-state index < -0.39 is 21.8 Å². The number of phenols is 1. The van der Waals surface area contributed by atoms with E-state index in [1.54, 1.807) is 74.7 Å². The maximum atomic E-state index is 14.0. The minimum absolute atomic E-state index is 0.0601. The predicted octanol–water partition coefficient (Wildman–Crippen LogP) is 6.97. The smallest absolute Gasteiger partial charge is 0.262 e. The number of primary amides is 1. The molecule has 7 rings (SSSR count). The van der Waals surface area contributed by atoms with Crippen LogP contribution in [0.25, 0.3) is 22.0 Å². The third kappa shape index (κ3) is 8.99. The van der Waals surface area contributed by atoms with Crippen molar-refractivity contribution in [3.8, 4) is 28.4 Å². The second-order valence-electron chi connectivity index (χ2n) is 14.4. The van der Waals surface area contributed by atoms with Gasteiger partial charge in [-0.15, -0.1) is 0 Å². The summed E-state index contributed by atoms with van der Waals surface area (Å²) in [5.74, 6) is -0.291. The Bertz CT molecular complexity index is 2630. The average molecular weight is 816 g/mol. The number of anilines is 3. The summed E-state index contributed by atoms with van der Waals surface area (Å²) in [6, 6.07) is 28.3. The molecule has 1 atom stereocenters. The number of hydrogen-bond acceptors (Lipinski definition) is 11. The molecule has 0 unspecified atom stereocenters. The van der Waals surface area contributed by atoms with E-state index in [-0.39, 0.29) is 45.1 Å². The number of aromatic nitrogens is 1. The van der Waals surface area contributed by atoms with Crippen molar-refractivity contribution in [3.63, 3.8) is 0 Å². The third-order valence-corrected chi connectivity index (χ3v) is 12.0. The number of carbonyl (C=O) groups excluding carboxylic acids is 2. The number of aromatic hydroxyl groups is 1. The highest BCUT2D eigenvalue weighted by Crippen LogP contribution is 2.41. The number of rotatable bonds is 16. The van der Waals surface area contributed by atoms with E-state index in [1.807, 2.05) is 12.1 Å². The van der Waals surface area contributed by atoms with Crippen LogP contribution in [0, 0.1) is 6.92 Å². The molecule has 59 heavy (non-hydrogen) atoms. The van der Waals surface area contributed by atoms with Crippen molar-refractivity contribution >= 4 is 49.6 Å². The zero-order valence-corrected chi connectivity index (χ0v) is 33.4. The van der Waals surface area contributed by atoms with Gasteiger partial charge < -0.3 is 41.4 Å². The van der Waals surface area contributed by atoms with Crippen molar-refractivity contribution < 1.29 is 37.7 Å². The van der Waals surface area contributed by atoms with Gasteiger partial charge in [-0.1, -0.05) is 48.9 Å². The lowest BCUT2D eigenvalue weighted by Gasteiger charge is -2.23. The maximum absolute atomic E-state index is 14.0. The third-order valence-electron chi connectivity index (χ3n) is 10.3. The van der Waals surface area contributed by atoms with Crippen molar-refractivity contribution in [2.75, 3.05) is 37.4 Å². The SMILES string of the molecule is COc1cccc(Nc2c(C(N)=O)cnc3c(C)cc(S(=O)(=O)c4ccc(-c5ccc(CCCCCNC[C@H](O)c6ccc(O)c7c6OCC(=O)N7)cc5)cc4)cc23)c1. The molecule has 0 saturated carbocycles. The molecule has 1 aromatic heterocycles. The largest absolute Gasteiger partial charge is 0.506 e. The molecule has 0 radical (unpaired) electrons. The van der Waals surface area contributed by atoms with Crippen LogP contribution in [0.2, 0.25) is 0 Å². The number of methoxy groups -OCH3 is 1. The molecule has 1 aliphatic rings. The monoisotopic (exact) mass is 815 g/mol. The molecular formula is C45H45N5O8S. The highest BCUT2D eigenvalue weighted by Gasteiger charge is 2.26. The van der Waals surface area contributed by atoms with Crippen LogP contribution in [0.3, 0.4) is 0 Å². The molecule has 0 saturated heterocycles. The minimum Gasteiger partial charge on any atom is -0.506 e. The second-order valence-corrected chi connectivity index (χ2v) is 16.3. The Balaban J connectivity index is 0.952. The van der Waals surface area contributed by atoms with Crippen LogP contribution < -0.4 is 31.2 Å². The Morgan fingerprint density at radius 2 is 1.71 bits per heavy atom. The molecule has 1 aliphatic heterocycles. The Labute approximate surface area is 342 Å². The van der Waals surface area contributed by atoms with E-state index in [9.17, 15) is 28.2 Å². The lowest BCUT2D eigenvalue weighted by Crippen LogP contribution is -2.28. The van der Waals surface area contributed by atoms with Gasteiger partial charge >= 0.3 is 0 Å². The van der Waals surface area contributed by atoms with Crippen molar-refractivity contribution in [1.29, 1.82) is 0 Å². The first kappa shape index (κ1) is 40.7. The van der Waals surface area contributed by atoms with Crippen LogP contribution in [-0.2, 0) is 21.1 Å². The van der Waals surface area contributed by atoms with E-state index in [0.717, 1.165) is 43.4 Å². The zero-order chi connectivity index (χ0) is 41.7. The summed E-state index contributed by atoms with van der Waals surface area (Å²) >= 11 is 0. The average Bonchev–Trinajstić information content (AvgIpc) is 3.24. The van der Waals surface area contributed by atoms with E-state index >= 15 is 0 Å². The first-order valence-corrected chi connectivity index (χ1v) is 20.7. The van der Waals surface area contributed by atoms with Gasteiger partial charge in [0, 0.05) is 35.4 Å². The molecule has 5 aromatic carbocycles. The quantitative estimate of drug-likeness (QED) is 0.0435. The van der Waals surface area contributed by atoms with Crippen molar-refractivity contribution in [1.82, 2.24) is 10.3 Å². The number of unbranched alkanes of at least 4 members (excludes halogenated alkanes) is 2.